The van der Waals surface area contributed by atoms with E-state index in [4.69, 9.17) is 5.11 Å². The van der Waals surface area contributed by atoms with Gasteiger partial charge in [0.1, 0.15) is 0 Å². The topological polar surface area (TPSA) is 86.7 Å². The highest BCUT2D eigenvalue weighted by atomic mass is 16.4. The molecule has 28 heavy (non-hydrogen) atoms. The first-order chi connectivity index (χ1) is 13.5. The van der Waals surface area contributed by atoms with E-state index < -0.39 is 5.97 Å². The lowest BCUT2D eigenvalue weighted by Gasteiger charge is -2.33. The minimum atomic E-state index is -0.978. The molecule has 1 heterocycles. The predicted molar refractivity (Wildman–Crippen MR) is 105 cm³/mol. The van der Waals surface area contributed by atoms with E-state index in [-0.39, 0.29) is 29.7 Å². The number of likely N-dealkylation sites (tertiary alicyclic amines) is 1. The van der Waals surface area contributed by atoms with Gasteiger partial charge in [-0.2, -0.15) is 0 Å². The summed E-state index contributed by atoms with van der Waals surface area (Å²) in [4.78, 5) is 37.6. The van der Waals surface area contributed by atoms with E-state index in [1.807, 2.05) is 23.1 Å². The van der Waals surface area contributed by atoms with Gasteiger partial charge in [-0.05, 0) is 48.6 Å². The summed E-state index contributed by atoms with van der Waals surface area (Å²) in [6.45, 7) is 1.89. The van der Waals surface area contributed by atoms with Crippen LogP contribution in [0.5, 0.6) is 0 Å². The normalized spacial score (nSPS) is 16.4. The average molecular weight is 380 g/mol. The van der Waals surface area contributed by atoms with Crippen molar-refractivity contribution in [3.8, 4) is 0 Å². The standard InChI is InChI=1S/C22H24N2O4/c25-20(13-16-8-10-19(11-9-16)22(27)28)24-12-4-5-17(15-24)14-23-21(26)18-6-2-1-3-7-18/h1-3,6-11,17H,4-5,12-15H2,(H,23,26)(H,27,28). The summed E-state index contributed by atoms with van der Waals surface area (Å²) in [6, 6.07) is 15.5. The van der Waals surface area contributed by atoms with Gasteiger partial charge in [0.05, 0.1) is 12.0 Å². The zero-order chi connectivity index (χ0) is 19.9. The van der Waals surface area contributed by atoms with E-state index in [1.165, 1.54) is 12.1 Å². The molecule has 0 radical (unpaired) electrons. The molecule has 0 aromatic heterocycles. The number of hydrogen-bond acceptors (Lipinski definition) is 3. The highest BCUT2D eigenvalue weighted by Crippen LogP contribution is 2.17. The molecule has 6 nitrogen and oxygen atoms in total. The number of benzene rings is 2. The third-order valence-corrected chi connectivity index (χ3v) is 5.02. The summed E-state index contributed by atoms with van der Waals surface area (Å²) in [5, 5.41) is 11.9. The first-order valence-electron chi connectivity index (χ1n) is 9.46. The van der Waals surface area contributed by atoms with E-state index in [9.17, 15) is 14.4 Å². The smallest absolute Gasteiger partial charge is 0.335 e. The van der Waals surface area contributed by atoms with Gasteiger partial charge in [0.2, 0.25) is 5.91 Å². The van der Waals surface area contributed by atoms with Crippen LogP contribution in [-0.4, -0.2) is 47.4 Å². The number of aromatic carboxylic acids is 1. The van der Waals surface area contributed by atoms with Crippen LogP contribution in [0.3, 0.4) is 0 Å². The van der Waals surface area contributed by atoms with Gasteiger partial charge in [-0.15, -0.1) is 0 Å². The van der Waals surface area contributed by atoms with Crippen LogP contribution in [0.1, 0.15) is 39.1 Å². The van der Waals surface area contributed by atoms with Crippen molar-refractivity contribution in [1.29, 1.82) is 0 Å². The Kier molecular flexibility index (Phi) is 6.42. The molecule has 1 atom stereocenters. The van der Waals surface area contributed by atoms with Gasteiger partial charge in [-0.25, -0.2) is 4.79 Å². The monoisotopic (exact) mass is 380 g/mol. The third kappa shape index (κ3) is 5.19. The van der Waals surface area contributed by atoms with Gasteiger partial charge in [0.15, 0.2) is 0 Å². The zero-order valence-corrected chi connectivity index (χ0v) is 15.6. The van der Waals surface area contributed by atoms with Crippen molar-refractivity contribution in [2.75, 3.05) is 19.6 Å². The van der Waals surface area contributed by atoms with Gasteiger partial charge in [-0.1, -0.05) is 30.3 Å². The van der Waals surface area contributed by atoms with Crippen LogP contribution in [0.2, 0.25) is 0 Å². The lowest BCUT2D eigenvalue weighted by Crippen LogP contribution is -2.44. The van der Waals surface area contributed by atoms with E-state index >= 15 is 0 Å². The van der Waals surface area contributed by atoms with E-state index in [0.717, 1.165) is 24.9 Å². The van der Waals surface area contributed by atoms with E-state index in [1.54, 1.807) is 24.3 Å². The Labute approximate surface area is 164 Å². The summed E-state index contributed by atoms with van der Waals surface area (Å²) in [6.07, 6.45) is 2.14. The molecule has 146 valence electrons. The number of nitrogens with one attached hydrogen (secondary N) is 1. The molecular formula is C22H24N2O4. The Balaban J connectivity index is 1.50. The third-order valence-electron chi connectivity index (χ3n) is 5.02. The van der Waals surface area contributed by atoms with Gasteiger partial charge in [0.25, 0.3) is 5.91 Å². The Morgan fingerprint density at radius 1 is 1.00 bits per heavy atom. The quantitative estimate of drug-likeness (QED) is 0.806. The molecule has 0 bridgehead atoms. The van der Waals surface area contributed by atoms with Crippen LogP contribution in [-0.2, 0) is 11.2 Å². The Morgan fingerprint density at radius 3 is 2.39 bits per heavy atom. The highest BCUT2D eigenvalue weighted by molar-refractivity contribution is 5.94. The SMILES string of the molecule is O=C(O)c1ccc(CC(=O)N2CCCC(CNC(=O)c3ccccc3)C2)cc1. The fourth-order valence-electron chi connectivity index (χ4n) is 3.44. The molecule has 3 rings (SSSR count). The number of carboxylic acids is 1. The van der Waals surface area contributed by atoms with Crippen LogP contribution in [0.15, 0.2) is 54.6 Å². The minimum absolute atomic E-state index is 0.0298. The van der Waals surface area contributed by atoms with Crippen molar-refractivity contribution in [2.45, 2.75) is 19.3 Å². The molecule has 1 fully saturated rings. The van der Waals surface area contributed by atoms with Crippen molar-refractivity contribution in [3.05, 3.63) is 71.3 Å². The fourth-order valence-corrected chi connectivity index (χ4v) is 3.44. The summed E-state index contributed by atoms with van der Waals surface area (Å²) in [7, 11) is 0. The van der Waals surface area contributed by atoms with Gasteiger partial charge in [0, 0.05) is 25.2 Å². The second kappa shape index (κ2) is 9.17. The Bertz CT molecular complexity index is 833. The molecule has 0 aliphatic carbocycles. The van der Waals surface area contributed by atoms with Crippen molar-refractivity contribution in [1.82, 2.24) is 10.2 Å². The summed E-state index contributed by atoms with van der Waals surface area (Å²) in [5.41, 5.74) is 1.65. The average Bonchev–Trinajstić information content (AvgIpc) is 2.73. The predicted octanol–water partition coefficient (Wildman–Crippen LogP) is 2.60. The van der Waals surface area contributed by atoms with Crippen LogP contribution in [0, 0.1) is 5.92 Å². The summed E-state index contributed by atoms with van der Waals surface area (Å²) >= 11 is 0. The number of carboxylic acid groups (broad SMARTS) is 1. The molecule has 0 spiro atoms. The molecule has 2 aromatic carbocycles. The first-order valence-corrected chi connectivity index (χ1v) is 9.46. The maximum atomic E-state index is 12.6. The van der Waals surface area contributed by atoms with Crippen LogP contribution in [0.4, 0.5) is 0 Å². The number of amides is 2. The van der Waals surface area contributed by atoms with Crippen LogP contribution < -0.4 is 5.32 Å². The molecule has 1 aliphatic rings. The number of hydrogen-bond donors (Lipinski definition) is 2. The second-order valence-electron chi connectivity index (χ2n) is 7.10. The molecular weight excluding hydrogens is 356 g/mol. The lowest BCUT2D eigenvalue weighted by atomic mass is 9.97. The summed E-state index contributed by atoms with van der Waals surface area (Å²) < 4.78 is 0. The van der Waals surface area contributed by atoms with Crippen molar-refractivity contribution in [2.24, 2.45) is 5.92 Å². The largest absolute Gasteiger partial charge is 0.478 e. The molecule has 0 saturated carbocycles. The maximum absolute atomic E-state index is 12.6. The van der Waals surface area contributed by atoms with Crippen molar-refractivity contribution < 1.29 is 19.5 Å². The number of nitrogens with zero attached hydrogens (tertiary/aromatic N) is 1. The molecule has 2 N–H and O–H groups in total. The number of piperidine rings is 1. The van der Waals surface area contributed by atoms with Crippen molar-refractivity contribution >= 4 is 17.8 Å². The molecule has 1 unspecified atom stereocenters. The second-order valence-corrected chi connectivity index (χ2v) is 7.10. The zero-order valence-electron chi connectivity index (χ0n) is 15.6. The highest BCUT2D eigenvalue weighted by Gasteiger charge is 2.24. The lowest BCUT2D eigenvalue weighted by molar-refractivity contribution is -0.132. The Hall–Kier alpha value is -3.15. The molecule has 2 amide bonds. The molecule has 1 saturated heterocycles. The maximum Gasteiger partial charge on any atom is 0.335 e. The molecule has 2 aromatic rings. The molecule has 6 heteroatoms. The van der Waals surface area contributed by atoms with Crippen LogP contribution >= 0.6 is 0 Å². The fraction of sp³-hybridized carbons (Fsp3) is 0.318. The van der Waals surface area contributed by atoms with Gasteiger partial charge in [-0.3, -0.25) is 9.59 Å². The summed E-state index contributed by atoms with van der Waals surface area (Å²) in [5.74, 6) is -0.807. The minimum Gasteiger partial charge on any atom is -0.478 e. The van der Waals surface area contributed by atoms with E-state index in [0.29, 0.717) is 18.7 Å². The number of carbonyl (C=O) groups is 3. The van der Waals surface area contributed by atoms with Crippen molar-refractivity contribution in [3.63, 3.8) is 0 Å². The molecule has 1 aliphatic heterocycles. The van der Waals surface area contributed by atoms with Crippen LogP contribution in [0.25, 0.3) is 0 Å². The van der Waals surface area contributed by atoms with E-state index in [2.05, 4.69) is 5.32 Å². The number of rotatable bonds is 6. The van der Waals surface area contributed by atoms with Gasteiger partial charge >= 0.3 is 5.97 Å². The Morgan fingerprint density at radius 2 is 1.71 bits per heavy atom. The number of carbonyl (C=O) groups excluding carboxylic acids is 2. The van der Waals surface area contributed by atoms with Gasteiger partial charge < -0.3 is 15.3 Å². The first kappa shape index (κ1) is 19.6.